The van der Waals surface area contributed by atoms with Crippen LogP contribution in [0.25, 0.3) is 0 Å². The summed E-state index contributed by atoms with van der Waals surface area (Å²) in [6.07, 6.45) is 0.857. The number of Topliss-reactive ketones (excluding diaryl/α,β-unsaturated/α-hetero) is 1. The molecule has 0 aromatic heterocycles. The molecule has 2 aromatic rings. The SMILES string of the molecule is O=C(c1ccc(Br)cc1)[C@@H]1C[C@@H]1c1ccc(Cl)cc1Cl. The molecular weight excluding hydrogens is 359 g/mol. The molecule has 1 nitrogen and oxygen atoms in total. The van der Waals surface area contributed by atoms with E-state index in [-0.39, 0.29) is 17.6 Å². The van der Waals surface area contributed by atoms with Gasteiger partial charge in [-0.15, -0.1) is 0 Å². The zero-order valence-electron chi connectivity index (χ0n) is 10.4. The molecule has 0 saturated heterocycles. The van der Waals surface area contributed by atoms with Crippen molar-refractivity contribution in [2.75, 3.05) is 0 Å². The van der Waals surface area contributed by atoms with E-state index in [0.29, 0.717) is 10.0 Å². The van der Waals surface area contributed by atoms with Crippen LogP contribution in [-0.2, 0) is 0 Å². The standard InChI is InChI=1S/C16H11BrCl2O/c17-10-3-1-9(2-4-10)16(20)14-8-13(14)12-6-5-11(18)7-15(12)19/h1-7,13-14H,8H2/t13-,14-/m1/s1. The number of halogens is 3. The van der Waals surface area contributed by atoms with Gasteiger partial charge in [-0.2, -0.15) is 0 Å². The van der Waals surface area contributed by atoms with Gasteiger partial charge in [-0.3, -0.25) is 4.79 Å². The monoisotopic (exact) mass is 368 g/mol. The van der Waals surface area contributed by atoms with E-state index < -0.39 is 0 Å². The third-order valence-corrected chi connectivity index (χ3v) is 4.71. The summed E-state index contributed by atoms with van der Waals surface area (Å²) in [6, 6.07) is 13.0. The largest absolute Gasteiger partial charge is 0.294 e. The van der Waals surface area contributed by atoms with E-state index in [4.69, 9.17) is 23.2 Å². The second-order valence-electron chi connectivity index (χ2n) is 4.99. The van der Waals surface area contributed by atoms with Gasteiger partial charge in [0.25, 0.3) is 0 Å². The molecule has 0 bridgehead atoms. The number of hydrogen-bond acceptors (Lipinski definition) is 1. The molecule has 0 unspecified atom stereocenters. The van der Waals surface area contributed by atoms with Crippen LogP contribution in [0.5, 0.6) is 0 Å². The molecule has 1 fully saturated rings. The molecule has 0 heterocycles. The third kappa shape index (κ3) is 2.78. The second kappa shape index (κ2) is 5.51. The topological polar surface area (TPSA) is 17.1 Å². The zero-order valence-corrected chi connectivity index (χ0v) is 13.5. The molecule has 1 aliphatic rings. The van der Waals surface area contributed by atoms with E-state index in [9.17, 15) is 4.79 Å². The predicted molar refractivity (Wildman–Crippen MR) is 85.8 cm³/mol. The van der Waals surface area contributed by atoms with Crippen LogP contribution in [0.15, 0.2) is 46.9 Å². The van der Waals surface area contributed by atoms with Gasteiger partial charge in [-0.1, -0.05) is 57.3 Å². The summed E-state index contributed by atoms with van der Waals surface area (Å²) in [4.78, 5) is 12.4. The zero-order chi connectivity index (χ0) is 14.3. The molecule has 2 aromatic carbocycles. The fourth-order valence-electron chi connectivity index (χ4n) is 2.46. The highest BCUT2D eigenvalue weighted by atomic mass is 79.9. The first-order valence-corrected chi connectivity index (χ1v) is 7.86. The highest BCUT2D eigenvalue weighted by Gasteiger charge is 2.44. The summed E-state index contributed by atoms with van der Waals surface area (Å²) in [7, 11) is 0. The molecule has 0 spiro atoms. The molecule has 102 valence electrons. The average molecular weight is 370 g/mol. The Morgan fingerprint density at radius 3 is 2.45 bits per heavy atom. The lowest BCUT2D eigenvalue weighted by Gasteiger charge is -2.04. The molecule has 20 heavy (non-hydrogen) atoms. The molecule has 1 saturated carbocycles. The van der Waals surface area contributed by atoms with Crippen LogP contribution in [-0.4, -0.2) is 5.78 Å². The van der Waals surface area contributed by atoms with Crippen LogP contribution >= 0.6 is 39.1 Å². The van der Waals surface area contributed by atoms with Crippen molar-refractivity contribution in [1.82, 2.24) is 0 Å². The first-order chi connectivity index (χ1) is 9.56. The molecule has 4 heteroatoms. The van der Waals surface area contributed by atoms with Crippen LogP contribution < -0.4 is 0 Å². The summed E-state index contributed by atoms with van der Waals surface area (Å²) in [5, 5.41) is 1.27. The van der Waals surface area contributed by atoms with Gasteiger partial charge in [0.1, 0.15) is 0 Å². The van der Waals surface area contributed by atoms with Crippen molar-refractivity contribution < 1.29 is 4.79 Å². The Bertz CT molecular complexity index is 667. The lowest BCUT2D eigenvalue weighted by molar-refractivity contribution is 0.0965. The van der Waals surface area contributed by atoms with E-state index in [1.807, 2.05) is 36.4 Å². The normalized spacial score (nSPS) is 20.8. The fourth-order valence-corrected chi connectivity index (χ4v) is 3.27. The smallest absolute Gasteiger partial charge is 0.166 e. The predicted octanol–water partition coefficient (Wildman–Crippen LogP) is 5.74. The minimum absolute atomic E-state index is 0.0369. The Hall–Kier alpha value is -0.830. The van der Waals surface area contributed by atoms with Gasteiger partial charge in [-0.25, -0.2) is 0 Å². The lowest BCUT2D eigenvalue weighted by Crippen LogP contribution is -2.03. The minimum Gasteiger partial charge on any atom is -0.294 e. The Labute approximate surface area is 136 Å². The van der Waals surface area contributed by atoms with Crippen molar-refractivity contribution in [2.24, 2.45) is 5.92 Å². The molecular formula is C16H11BrCl2O. The Balaban J connectivity index is 1.78. The van der Waals surface area contributed by atoms with E-state index >= 15 is 0 Å². The van der Waals surface area contributed by atoms with Gasteiger partial charge in [-0.05, 0) is 42.2 Å². The van der Waals surface area contributed by atoms with Crippen molar-refractivity contribution in [2.45, 2.75) is 12.3 Å². The van der Waals surface area contributed by atoms with E-state index in [1.54, 1.807) is 6.07 Å². The van der Waals surface area contributed by atoms with Gasteiger partial charge in [0.05, 0.1) is 0 Å². The molecule has 0 N–H and O–H groups in total. The van der Waals surface area contributed by atoms with Crippen molar-refractivity contribution in [3.8, 4) is 0 Å². The Morgan fingerprint density at radius 1 is 1.10 bits per heavy atom. The maximum atomic E-state index is 12.4. The summed E-state index contributed by atoms with van der Waals surface area (Å²) in [5.74, 6) is 0.444. The minimum atomic E-state index is 0.0369. The fraction of sp³-hybridized carbons (Fsp3) is 0.188. The van der Waals surface area contributed by atoms with E-state index in [2.05, 4.69) is 15.9 Å². The number of rotatable bonds is 3. The lowest BCUT2D eigenvalue weighted by atomic mass is 10.0. The summed E-state index contributed by atoms with van der Waals surface area (Å²) >= 11 is 15.5. The summed E-state index contributed by atoms with van der Waals surface area (Å²) in [5.41, 5.74) is 1.78. The van der Waals surface area contributed by atoms with Crippen LogP contribution in [0, 0.1) is 5.92 Å². The van der Waals surface area contributed by atoms with E-state index in [0.717, 1.165) is 22.0 Å². The number of ketones is 1. The van der Waals surface area contributed by atoms with Crippen molar-refractivity contribution in [1.29, 1.82) is 0 Å². The Kier molecular flexibility index (Phi) is 3.89. The first kappa shape index (κ1) is 14.1. The highest BCUT2D eigenvalue weighted by Crippen LogP contribution is 2.51. The number of benzene rings is 2. The first-order valence-electron chi connectivity index (χ1n) is 6.31. The van der Waals surface area contributed by atoms with Crippen molar-refractivity contribution in [3.63, 3.8) is 0 Å². The summed E-state index contributed by atoms with van der Waals surface area (Å²) in [6.45, 7) is 0. The molecule has 0 aliphatic heterocycles. The van der Waals surface area contributed by atoms with Crippen LogP contribution in [0.4, 0.5) is 0 Å². The maximum Gasteiger partial charge on any atom is 0.166 e. The van der Waals surface area contributed by atoms with E-state index in [1.165, 1.54) is 0 Å². The summed E-state index contributed by atoms with van der Waals surface area (Å²) < 4.78 is 0.974. The Morgan fingerprint density at radius 2 is 1.80 bits per heavy atom. The maximum absolute atomic E-state index is 12.4. The number of hydrogen-bond donors (Lipinski definition) is 0. The van der Waals surface area contributed by atoms with Gasteiger partial charge in [0.15, 0.2) is 5.78 Å². The van der Waals surface area contributed by atoms with Crippen LogP contribution in [0.2, 0.25) is 10.0 Å². The van der Waals surface area contributed by atoms with Crippen LogP contribution in [0.3, 0.4) is 0 Å². The second-order valence-corrected chi connectivity index (χ2v) is 6.74. The third-order valence-electron chi connectivity index (χ3n) is 3.62. The van der Waals surface area contributed by atoms with Gasteiger partial charge in [0.2, 0.25) is 0 Å². The highest BCUT2D eigenvalue weighted by molar-refractivity contribution is 9.10. The quantitative estimate of drug-likeness (QED) is 0.630. The number of carbonyl (C=O) groups is 1. The van der Waals surface area contributed by atoms with Crippen molar-refractivity contribution in [3.05, 3.63) is 68.1 Å². The molecule has 0 amide bonds. The van der Waals surface area contributed by atoms with Gasteiger partial charge < -0.3 is 0 Å². The number of carbonyl (C=O) groups excluding carboxylic acids is 1. The average Bonchev–Trinajstić information content (AvgIpc) is 3.19. The molecule has 2 atom stereocenters. The van der Waals surface area contributed by atoms with Gasteiger partial charge >= 0.3 is 0 Å². The molecule has 3 rings (SSSR count). The van der Waals surface area contributed by atoms with Gasteiger partial charge in [0, 0.05) is 26.0 Å². The molecule has 0 radical (unpaired) electrons. The van der Waals surface area contributed by atoms with Crippen molar-refractivity contribution >= 4 is 44.9 Å². The molecule has 1 aliphatic carbocycles. The van der Waals surface area contributed by atoms with Crippen LogP contribution in [0.1, 0.15) is 28.3 Å².